The summed E-state index contributed by atoms with van der Waals surface area (Å²) in [5, 5.41) is 0. The Morgan fingerprint density at radius 3 is 3.15 bits per heavy atom. The van der Waals surface area contributed by atoms with Gasteiger partial charge in [0.1, 0.15) is 0 Å². The Morgan fingerprint density at radius 1 is 1.54 bits per heavy atom. The maximum atomic E-state index is 13.1. The number of fused-ring (bicyclic) bond motifs is 1. The lowest BCUT2D eigenvalue weighted by Crippen LogP contribution is -2.27. The smallest absolute Gasteiger partial charge is 0.165 e. The highest BCUT2D eigenvalue weighted by Crippen LogP contribution is 2.29. The predicted molar refractivity (Wildman–Crippen MR) is 48.1 cm³/mol. The monoisotopic (exact) mass is 181 g/mol. The normalized spacial score (nSPS) is 20.6. The van der Waals surface area contributed by atoms with Crippen molar-refractivity contribution in [3.05, 3.63) is 29.6 Å². The summed E-state index contributed by atoms with van der Waals surface area (Å²) in [4.78, 5) is 0. The molecule has 13 heavy (non-hydrogen) atoms. The van der Waals surface area contributed by atoms with Gasteiger partial charge in [-0.15, -0.1) is 0 Å². The van der Waals surface area contributed by atoms with Crippen LogP contribution in [0.3, 0.4) is 0 Å². The van der Waals surface area contributed by atoms with Gasteiger partial charge in [-0.1, -0.05) is 12.1 Å². The van der Waals surface area contributed by atoms with Crippen LogP contribution in [-0.2, 0) is 6.42 Å². The van der Waals surface area contributed by atoms with Crippen LogP contribution >= 0.6 is 0 Å². The zero-order valence-corrected chi connectivity index (χ0v) is 7.29. The summed E-state index contributed by atoms with van der Waals surface area (Å²) in [6, 6.07) is 5.01. The summed E-state index contributed by atoms with van der Waals surface area (Å²) in [5.74, 6) is 0.467. The van der Waals surface area contributed by atoms with Crippen molar-refractivity contribution in [3.63, 3.8) is 0 Å². The second kappa shape index (κ2) is 3.34. The van der Waals surface area contributed by atoms with E-state index in [0.717, 1.165) is 12.0 Å². The molecule has 70 valence electrons. The number of benzene rings is 1. The molecule has 0 bridgehead atoms. The van der Waals surface area contributed by atoms with E-state index >= 15 is 0 Å². The Hall–Kier alpha value is -1.09. The summed E-state index contributed by atoms with van der Waals surface area (Å²) in [6.07, 6.45) is 0.823. The van der Waals surface area contributed by atoms with Crippen LogP contribution in [0, 0.1) is 11.7 Å². The molecule has 1 heterocycles. The first-order valence-electron chi connectivity index (χ1n) is 4.41. The van der Waals surface area contributed by atoms with E-state index in [1.165, 1.54) is 6.07 Å². The lowest BCUT2D eigenvalue weighted by molar-refractivity contribution is 0.216. The fourth-order valence-corrected chi connectivity index (χ4v) is 1.60. The fourth-order valence-electron chi connectivity index (χ4n) is 1.60. The largest absolute Gasteiger partial charge is 0.490 e. The van der Waals surface area contributed by atoms with E-state index in [-0.39, 0.29) is 5.82 Å². The van der Waals surface area contributed by atoms with E-state index in [9.17, 15) is 4.39 Å². The molecule has 1 atom stereocenters. The van der Waals surface area contributed by atoms with E-state index < -0.39 is 0 Å². The second-order valence-corrected chi connectivity index (χ2v) is 3.34. The summed E-state index contributed by atoms with van der Waals surface area (Å²) >= 11 is 0. The van der Waals surface area contributed by atoms with Crippen LogP contribution in [0.4, 0.5) is 4.39 Å². The molecule has 2 rings (SSSR count). The topological polar surface area (TPSA) is 35.2 Å². The number of hydrogen-bond acceptors (Lipinski definition) is 2. The third-order valence-electron chi connectivity index (χ3n) is 2.35. The Morgan fingerprint density at radius 2 is 2.38 bits per heavy atom. The first kappa shape index (κ1) is 8.51. The van der Waals surface area contributed by atoms with Gasteiger partial charge < -0.3 is 10.5 Å². The number of para-hydroxylation sites is 1. The minimum atomic E-state index is -0.270. The van der Waals surface area contributed by atoms with Gasteiger partial charge in [0, 0.05) is 5.92 Å². The van der Waals surface area contributed by atoms with E-state index in [4.69, 9.17) is 10.5 Å². The highest BCUT2D eigenvalue weighted by atomic mass is 19.1. The molecule has 0 amide bonds. The molecule has 2 N–H and O–H groups in total. The molecule has 1 aliphatic heterocycles. The maximum absolute atomic E-state index is 13.1. The van der Waals surface area contributed by atoms with Crippen molar-refractivity contribution in [3.8, 4) is 5.75 Å². The van der Waals surface area contributed by atoms with Crippen LogP contribution in [0.1, 0.15) is 5.56 Å². The molecule has 0 saturated heterocycles. The first-order chi connectivity index (χ1) is 6.31. The minimum absolute atomic E-state index is 0.270. The van der Waals surface area contributed by atoms with E-state index in [1.807, 2.05) is 6.07 Å². The zero-order chi connectivity index (χ0) is 9.26. The van der Waals surface area contributed by atoms with Gasteiger partial charge >= 0.3 is 0 Å². The molecule has 1 unspecified atom stereocenters. The van der Waals surface area contributed by atoms with Crippen molar-refractivity contribution in [2.75, 3.05) is 13.2 Å². The molecule has 3 heteroatoms. The van der Waals surface area contributed by atoms with Crippen LogP contribution in [0.15, 0.2) is 18.2 Å². The zero-order valence-electron chi connectivity index (χ0n) is 7.29. The first-order valence-corrected chi connectivity index (χ1v) is 4.41. The van der Waals surface area contributed by atoms with Crippen LogP contribution in [0.2, 0.25) is 0 Å². The van der Waals surface area contributed by atoms with Crippen molar-refractivity contribution in [2.45, 2.75) is 6.42 Å². The van der Waals surface area contributed by atoms with Crippen molar-refractivity contribution in [1.82, 2.24) is 0 Å². The Balaban J connectivity index is 2.31. The third-order valence-corrected chi connectivity index (χ3v) is 2.35. The lowest BCUT2D eigenvalue weighted by Gasteiger charge is -2.24. The lowest BCUT2D eigenvalue weighted by atomic mass is 9.97. The van der Waals surface area contributed by atoms with Crippen LogP contribution < -0.4 is 10.5 Å². The number of nitrogens with two attached hydrogens (primary N) is 1. The van der Waals surface area contributed by atoms with Crippen molar-refractivity contribution < 1.29 is 9.13 Å². The van der Waals surface area contributed by atoms with Gasteiger partial charge in [0.15, 0.2) is 11.6 Å². The Bertz CT molecular complexity index is 314. The molecule has 1 aromatic rings. The van der Waals surface area contributed by atoms with Gasteiger partial charge in [-0.25, -0.2) is 4.39 Å². The molecular formula is C10H12FNO. The summed E-state index contributed by atoms with van der Waals surface area (Å²) in [5.41, 5.74) is 6.46. The van der Waals surface area contributed by atoms with E-state index in [0.29, 0.717) is 24.8 Å². The highest BCUT2D eigenvalue weighted by Gasteiger charge is 2.20. The van der Waals surface area contributed by atoms with Crippen LogP contribution in [-0.4, -0.2) is 13.2 Å². The predicted octanol–water partition coefficient (Wildman–Crippen LogP) is 1.34. The van der Waals surface area contributed by atoms with Crippen molar-refractivity contribution in [2.24, 2.45) is 11.7 Å². The number of ether oxygens (including phenoxy) is 1. The minimum Gasteiger partial charge on any atom is -0.490 e. The summed E-state index contributed by atoms with van der Waals surface area (Å²) in [7, 11) is 0. The highest BCUT2D eigenvalue weighted by molar-refractivity contribution is 5.36. The summed E-state index contributed by atoms with van der Waals surface area (Å²) < 4.78 is 18.4. The molecule has 1 aromatic carbocycles. The summed E-state index contributed by atoms with van der Waals surface area (Å²) in [6.45, 7) is 1.13. The Kier molecular flexibility index (Phi) is 2.19. The number of hydrogen-bond donors (Lipinski definition) is 1. The molecule has 1 aliphatic rings. The SMILES string of the molecule is NCC1COc2c(F)cccc2C1. The van der Waals surface area contributed by atoms with Crippen molar-refractivity contribution >= 4 is 0 Å². The number of rotatable bonds is 1. The van der Waals surface area contributed by atoms with E-state index in [2.05, 4.69) is 0 Å². The second-order valence-electron chi connectivity index (χ2n) is 3.34. The van der Waals surface area contributed by atoms with Crippen LogP contribution in [0.5, 0.6) is 5.75 Å². The molecular weight excluding hydrogens is 169 g/mol. The standard InChI is InChI=1S/C10H12FNO/c11-9-3-1-2-8-4-7(5-12)6-13-10(8)9/h1-3,7H,4-6,12H2. The van der Waals surface area contributed by atoms with Gasteiger partial charge in [-0.05, 0) is 24.6 Å². The Labute approximate surface area is 76.5 Å². The van der Waals surface area contributed by atoms with Gasteiger partial charge in [-0.2, -0.15) is 0 Å². The van der Waals surface area contributed by atoms with Crippen LogP contribution in [0.25, 0.3) is 0 Å². The number of halogens is 1. The molecule has 0 spiro atoms. The van der Waals surface area contributed by atoms with Gasteiger partial charge in [0.05, 0.1) is 6.61 Å². The molecule has 0 aromatic heterocycles. The molecule has 0 fully saturated rings. The molecule has 0 saturated carbocycles. The quantitative estimate of drug-likeness (QED) is 0.709. The molecule has 0 aliphatic carbocycles. The molecule has 2 nitrogen and oxygen atoms in total. The van der Waals surface area contributed by atoms with E-state index in [1.54, 1.807) is 6.07 Å². The third kappa shape index (κ3) is 1.52. The van der Waals surface area contributed by atoms with Gasteiger partial charge in [0.2, 0.25) is 0 Å². The fraction of sp³-hybridized carbons (Fsp3) is 0.400. The molecule has 0 radical (unpaired) electrons. The van der Waals surface area contributed by atoms with Gasteiger partial charge in [-0.3, -0.25) is 0 Å². The average Bonchev–Trinajstić information content (AvgIpc) is 2.18. The average molecular weight is 181 g/mol. The maximum Gasteiger partial charge on any atom is 0.165 e. The van der Waals surface area contributed by atoms with Gasteiger partial charge in [0.25, 0.3) is 0 Å². The van der Waals surface area contributed by atoms with Crippen molar-refractivity contribution in [1.29, 1.82) is 0 Å².